The van der Waals surface area contributed by atoms with Gasteiger partial charge in [0.1, 0.15) is 17.2 Å². The van der Waals surface area contributed by atoms with Gasteiger partial charge in [0.05, 0.1) is 16.1 Å². The molecule has 0 unspecified atom stereocenters. The van der Waals surface area contributed by atoms with Gasteiger partial charge < -0.3 is 9.80 Å². The Labute approximate surface area is 181 Å². The van der Waals surface area contributed by atoms with E-state index in [-0.39, 0.29) is 0 Å². The van der Waals surface area contributed by atoms with Gasteiger partial charge in [-0.1, -0.05) is 35.6 Å². The first-order valence-electron chi connectivity index (χ1n) is 9.93. The molecule has 4 aromatic rings. The third kappa shape index (κ3) is 3.44. The number of hydrogen-bond acceptors (Lipinski definition) is 5. The topological polar surface area (TPSA) is 54.3 Å². The fourth-order valence-corrected chi connectivity index (χ4v) is 4.81. The molecule has 0 atom stereocenters. The van der Waals surface area contributed by atoms with Crippen LogP contribution in [0.3, 0.4) is 0 Å². The minimum atomic E-state index is -0.834. The van der Waals surface area contributed by atoms with E-state index in [4.69, 9.17) is 4.98 Å². The van der Waals surface area contributed by atoms with E-state index in [1.807, 2.05) is 41.9 Å². The second kappa shape index (κ2) is 7.73. The van der Waals surface area contributed by atoms with Gasteiger partial charge in [0.25, 0.3) is 5.91 Å². The van der Waals surface area contributed by atoms with Gasteiger partial charge in [-0.05, 0) is 31.2 Å². The summed E-state index contributed by atoms with van der Waals surface area (Å²) in [5.41, 5.74) is 2.16. The number of aromatic nitrogens is 3. The zero-order chi connectivity index (χ0) is 21.5. The molecule has 31 heavy (non-hydrogen) atoms. The van der Waals surface area contributed by atoms with Gasteiger partial charge >= 0.3 is 0 Å². The molecule has 9 heteroatoms. The van der Waals surface area contributed by atoms with Crippen LogP contribution in [-0.2, 0) is 0 Å². The average Bonchev–Trinajstić information content (AvgIpc) is 3.35. The Balaban J connectivity index is 1.36. The predicted octanol–water partition coefficient (Wildman–Crippen LogP) is 4.03. The Hall–Kier alpha value is -3.33. The Kier molecular flexibility index (Phi) is 4.90. The van der Waals surface area contributed by atoms with Crippen molar-refractivity contribution in [3.63, 3.8) is 0 Å². The van der Waals surface area contributed by atoms with Crippen molar-refractivity contribution in [3.05, 3.63) is 71.4 Å². The van der Waals surface area contributed by atoms with Gasteiger partial charge in [0.15, 0.2) is 10.8 Å². The van der Waals surface area contributed by atoms with Crippen molar-refractivity contribution in [2.75, 3.05) is 31.1 Å². The van der Waals surface area contributed by atoms with Crippen LogP contribution in [0.4, 0.5) is 13.9 Å². The molecule has 0 spiro atoms. The van der Waals surface area contributed by atoms with E-state index in [9.17, 15) is 13.6 Å². The van der Waals surface area contributed by atoms with Gasteiger partial charge in [0, 0.05) is 26.2 Å². The number of para-hydroxylation sites is 1. The van der Waals surface area contributed by atoms with Crippen LogP contribution in [0.25, 0.3) is 16.0 Å². The van der Waals surface area contributed by atoms with E-state index in [1.165, 1.54) is 11.0 Å². The molecule has 0 saturated carbocycles. The number of amides is 1. The first kappa shape index (κ1) is 19.6. The van der Waals surface area contributed by atoms with Crippen LogP contribution in [0.1, 0.15) is 16.1 Å². The van der Waals surface area contributed by atoms with Crippen molar-refractivity contribution in [1.82, 2.24) is 19.7 Å². The number of benzene rings is 2. The average molecular weight is 439 g/mol. The lowest BCUT2D eigenvalue weighted by molar-refractivity contribution is 0.0737. The molecular formula is C22H19F2N5OS. The first-order valence-corrected chi connectivity index (χ1v) is 10.7. The number of halogens is 2. The monoisotopic (exact) mass is 439 g/mol. The number of rotatable bonds is 3. The lowest BCUT2D eigenvalue weighted by Gasteiger charge is -2.34. The molecule has 0 radical (unpaired) electrons. The second-order valence-electron chi connectivity index (χ2n) is 7.36. The second-order valence-corrected chi connectivity index (χ2v) is 8.34. The number of carbonyl (C=O) groups is 1. The fraction of sp³-hybridized carbons (Fsp3) is 0.227. The molecule has 3 heterocycles. The number of aryl methyl sites for hydroxylation is 1. The van der Waals surface area contributed by atoms with Crippen molar-refractivity contribution in [2.45, 2.75) is 6.92 Å². The third-order valence-electron chi connectivity index (χ3n) is 5.39. The van der Waals surface area contributed by atoms with Crippen LogP contribution in [0, 0.1) is 18.6 Å². The summed E-state index contributed by atoms with van der Waals surface area (Å²) < 4.78 is 30.8. The van der Waals surface area contributed by atoms with Crippen molar-refractivity contribution in [3.8, 4) is 5.69 Å². The predicted molar refractivity (Wildman–Crippen MR) is 116 cm³/mol. The number of piperazine rings is 1. The van der Waals surface area contributed by atoms with Crippen LogP contribution >= 0.6 is 11.3 Å². The van der Waals surface area contributed by atoms with Crippen molar-refractivity contribution < 1.29 is 13.6 Å². The summed E-state index contributed by atoms with van der Waals surface area (Å²) >= 11 is 1.56. The lowest BCUT2D eigenvalue weighted by atomic mass is 10.1. The molecule has 1 saturated heterocycles. The van der Waals surface area contributed by atoms with Crippen LogP contribution in [0.2, 0.25) is 0 Å². The van der Waals surface area contributed by atoms with Gasteiger partial charge in [-0.2, -0.15) is 10.1 Å². The van der Waals surface area contributed by atoms with Crippen molar-refractivity contribution >= 4 is 32.7 Å². The summed E-state index contributed by atoms with van der Waals surface area (Å²) in [5.74, 6) is -2.28. The number of thiazole rings is 1. The normalized spacial score (nSPS) is 14.4. The molecule has 1 aliphatic rings. The third-order valence-corrected chi connectivity index (χ3v) is 6.61. The zero-order valence-electron chi connectivity index (χ0n) is 16.8. The van der Waals surface area contributed by atoms with E-state index < -0.39 is 23.1 Å². The number of nitrogens with zero attached hydrogens (tertiary/aromatic N) is 5. The highest BCUT2D eigenvalue weighted by atomic mass is 32.1. The molecule has 2 aromatic heterocycles. The van der Waals surface area contributed by atoms with Crippen LogP contribution < -0.4 is 4.90 Å². The van der Waals surface area contributed by atoms with E-state index in [0.717, 1.165) is 39.0 Å². The highest BCUT2D eigenvalue weighted by Crippen LogP contribution is 2.33. The van der Waals surface area contributed by atoms with Crippen LogP contribution in [0.5, 0.6) is 0 Å². The Morgan fingerprint density at radius 3 is 2.32 bits per heavy atom. The van der Waals surface area contributed by atoms with Gasteiger partial charge in [-0.15, -0.1) is 0 Å². The maximum Gasteiger partial charge on any atom is 0.259 e. The first-order chi connectivity index (χ1) is 15.0. The maximum absolute atomic E-state index is 14.0. The Morgan fingerprint density at radius 1 is 0.968 bits per heavy atom. The smallest absolute Gasteiger partial charge is 0.259 e. The van der Waals surface area contributed by atoms with E-state index >= 15 is 0 Å². The lowest BCUT2D eigenvalue weighted by Crippen LogP contribution is -2.49. The molecule has 2 aromatic carbocycles. The molecule has 1 aliphatic heterocycles. The highest BCUT2D eigenvalue weighted by molar-refractivity contribution is 7.22. The maximum atomic E-state index is 14.0. The number of hydrogen-bond donors (Lipinski definition) is 0. The van der Waals surface area contributed by atoms with E-state index in [1.54, 1.807) is 11.3 Å². The van der Waals surface area contributed by atoms with Gasteiger partial charge in [-0.3, -0.25) is 4.79 Å². The summed E-state index contributed by atoms with van der Waals surface area (Å²) in [6.45, 7) is 3.77. The minimum absolute atomic E-state index is 0.367. The molecule has 1 amide bonds. The Morgan fingerprint density at radius 2 is 1.65 bits per heavy atom. The molecular weight excluding hydrogens is 420 g/mol. The zero-order valence-corrected chi connectivity index (χ0v) is 17.6. The molecule has 6 nitrogen and oxygen atoms in total. The van der Waals surface area contributed by atoms with Gasteiger partial charge in [0.2, 0.25) is 0 Å². The standard InChI is InChI=1S/C22H19F2N5OS/c1-14-19-20(29(26-14)15-6-3-2-4-7-15)25-22(31-19)28-12-10-27(11-13-28)21(30)18-16(23)8-5-9-17(18)24/h2-9H,10-13H2,1H3. The van der Waals surface area contributed by atoms with Crippen LogP contribution in [0.15, 0.2) is 48.5 Å². The van der Waals surface area contributed by atoms with E-state index in [0.29, 0.717) is 26.2 Å². The fourth-order valence-electron chi connectivity index (χ4n) is 3.77. The molecule has 5 rings (SSSR count). The molecule has 0 aliphatic carbocycles. The Bertz CT molecular complexity index is 1240. The summed E-state index contributed by atoms with van der Waals surface area (Å²) in [4.78, 5) is 21.0. The molecule has 1 fully saturated rings. The minimum Gasteiger partial charge on any atom is -0.344 e. The highest BCUT2D eigenvalue weighted by Gasteiger charge is 2.28. The summed E-state index contributed by atoms with van der Waals surface area (Å²) in [5, 5.41) is 5.46. The molecule has 0 N–H and O–H groups in total. The SMILES string of the molecule is Cc1nn(-c2ccccc2)c2nc(N3CCN(C(=O)c4c(F)cccc4F)CC3)sc12. The van der Waals surface area contributed by atoms with Crippen molar-refractivity contribution in [2.24, 2.45) is 0 Å². The summed E-state index contributed by atoms with van der Waals surface area (Å²) in [7, 11) is 0. The van der Waals surface area contributed by atoms with Gasteiger partial charge in [-0.25, -0.2) is 13.5 Å². The largest absolute Gasteiger partial charge is 0.344 e. The number of anilines is 1. The summed E-state index contributed by atoms with van der Waals surface area (Å²) in [6, 6.07) is 13.3. The number of fused-ring (bicyclic) bond motifs is 1. The molecule has 158 valence electrons. The van der Waals surface area contributed by atoms with Crippen LogP contribution in [-0.4, -0.2) is 51.8 Å². The van der Waals surface area contributed by atoms with E-state index in [2.05, 4.69) is 10.00 Å². The quantitative estimate of drug-likeness (QED) is 0.484. The van der Waals surface area contributed by atoms with Crippen molar-refractivity contribution in [1.29, 1.82) is 0 Å². The number of carbonyl (C=O) groups excluding carboxylic acids is 1. The summed E-state index contributed by atoms with van der Waals surface area (Å²) in [6.07, 6.45) is 0. The molecule has 0 bridgehead atoms.